The molecule has 0 bridgehead atoms. The minimum Gasteiger partial charge on any atom is -0.396 e. The van der Waals surface area contributed by atoms with Crippen molar-refractivity contribution in [2.24, 2.45) is 10.7 Å². The van der Waals surface area contributed by atoms with Crippen LogP contribution in [0.3, 0.4) is 0 Å². The van der Waals surface area contributed by atoms with Gasteiger partial charge in [0.05, 0.1) is 18.0 Å². The monoisotopic (exact) mass is 340 g/mol. The zero-order valence-electron chi connectivity index (χ0n) is 12.9. The number of hydrogen-bond acceptors (Lipinski definition) is 7. The standard InChI is InChI=1S/C16H13FN6O2/c17-11-4-2-1-3-10(11)8-19-14(13-5-6-25-23-13)7-12(18)16-21-15(24)9-20-22-16/h1-7,9H,8,18H2,(H,21,22,24). The maximum atomic E-state index is 13.8. The second kappa shape index (κ2) is 7.30. The zero-order valence-corrected chi connectivity index (χ0v) is 12.9. The van der Waals surface area contributed by atoms with E-state index in [1.807, 2.05) is 0 Å². The lowest BCUT2D eigenvalue weighted by Gasteiger charge is -2.03. The molecule has 25 heavy (non-hydrogen) atoms. The van der Waals surface area contributed by atoms with Gasteiger partial charge in [-0.1, -0.05) is 23.4 Å². The normalized spacial score (nSPS) is 12.4. The van der Waals surface area contributed by atoms with Crippen LogP contribution in [0, 0.1) is 5.82 Å². The number of H-pyrrole nitrogens is 1. The number of nitrogens with two attached hydrogens (primary N) is 1. The molecule has 0 fully saturated rings. The molecular formula is C16H13FN6O2. The van der Waals surface area contributed by atoms with E-state index in [0.29, 0.717) is 17.0 Å². The Balaban J connectivity index is 1.96. The van der Waals surface area contributed by atoms with Gasteiger partial charge in [0, 0.05) is 11.6 Å². The molecule has 3 aromatic rings. The van der Waals surface area contributed by atoms with E-state index in [4.69, 9.17) is 10.3 Å². The molecule has 3 N–H and O–H groups in total. The molecule has 2 aromatic heterocycles. The summed E-state index contributed by atoms with van der Waals surface area (Å²) in [5.74, 6) is -0.268. The van der Waals surface area contributed by atoms with E-state index in [1.54, 1.807) is 24.3 Å². The summed E-state index contributed by atoms with van der Waals surface area (Å²) in [5.41, 5.74) is 6.81. The Hall–Kier alpha value is -3.62. The number of benzene rings is 1. The first-order valence-electron chi connectivity index (χ1n) is 7.21. The first-order chi connectivity index (χ1) is 12.1. The van der Waals surface area contributed by atoms with Gasteiger partial charge in [-0.3, -0.25) is 9.79 Å². The highest BCUT2D eigenvalue weighted by Crippen LogP contribution is 2.11. The molecule has 0 radical (unpaired) electrons. The highest BCUT2D eigenvalue weighted by Gasteiger charge is 2.09. The Morgan fingerprint density at radius 2 is 2.20 bits per heavy atom. The number of aromatic nitrogens is 4. The molecule has 0 amide bonds. The highest BCUT2D eigenvalue weighted by molar-refractivity contribution is 6.10. The molecule has 1 aromatic carbocycles. The number of allylic oxidation sites excluding steroid dienone is 1. The molecule has 0 aliphatic carbocycles. The van der Waals surface area contributed by atoms with E-state index >= 15 is 0 Å². The zero-order chi connectivity index (χ0) is 17.6. The quantitative estimate of drug-likeness (QED) is 0.675. The van der Waals surface area contributed by atoms with Gasteiger partial charge in [0.15, 0.2) is 5.82 Å². The largest absolute Gasteiger partial charge is 0.396 e. The molecule has 3 rings (SSSR count). The number of halogens is 1. The summed E-state index contributed by atoms with van der Waals surface area (Å²) in [6, 6.07) is 7.90. The summed E-state index contributed by atoms with van der Waals surface area (Å²) >= 11 is 0. The molecule has 0 unspecified atom stereocenters. The fourth-order valence-corrected chi connectivity index (χ4v) is 2.00. The van der Waals surface area contributed by atoms with Crippen LogP contribution in [-0.4, -0.2) is 26.0 Å². The first-order valence-corrected chi connectivity index (χ1v) is 7.21. The third-order valence-electron chi connectivity index (χ3n) is 3.22. The van der Waals surface area contributed by atoms with Gasteiger partial charge < -0.3 is 15.2 Å². The topological polar surface area (TPSA) is 123 Å². The van der Waals surface area contributed by atoms with E-state index in [9.17, 15) is 9.18 Å². The molecule has 9 heteroatoms. The maximum absolute atomic E-state index is 13.8. The van der Waals surface area contributed by atoms with Gasteiger partial charge in [-0.05, 0) is 12.1 Å². The lowest BCUT2D eigenvalue weighted by Crippen LogP contribution is -2.15. The van der Waals surface area contributed by atoms with Crippen LogP contribution in [-0.2, 0) is 6.54 Å². The molecule has 0 aliphatic rings. The van der Waals surface area contributed by atoms with Crippen molar-refractivity contribution < 1.29 is 8.91 Å². The molecule has 2 heterocycles. The van der Waals surface area contributed by atoms with Crippen LogP contribution in [0.5, 0.6) is 0 Å². The SMILES string of the molecule is NC(=CC(=NCc1ccccc1F)c1ccon1)c1nncc(=O)[nH]1. The predicted octanol–water partition coefficient (Wildman–Crippen LogP) is 1.28. The van der Waals surface area contributed by atoms with E-state index in [0.717, 1.165) is 6.20 Å². The fourth-order valence-electron chi connectivity index (χ4n) is 2.00. The average Bonchev–Trinajstić information content (AvgIpc) is 3.14. The minimum atomic E-state index is -0.437. The Morgan fingerprint density at radius 1 is 1.36 bits per heavy atom. The summed E-state index contributed by atoms with van der Waals surface area (Å²) in [6.07, 6.45) is 3.86. The van der Waals surface area contributed by atoms with Crippen LogP contribution in [0.15, 0.2) is 63.2 Å². The average molecular weight is 340 g/mol. The second-order valence-electron chi connectivity index (χ2n) is 4.96. The van der Waals surface area contributed by atoms with Gasteiger partial charge in [-0.2, -0.15) is 5.10 Å². The molecule has 0 aliphatic heterocycles. The number of aliphatic imine (C=N–C) groups is 1. The fraction of sp³-hybridized carbons (Fsp3) is 0.0625. The van der Waals surface area contributed by atoms with E-state index in [1.165, 1.54) is 18.4 Å². The number of nitrogens with zero attached hydrogens (tertiary/aromatic N) is 4. The van der Waals surface area contributed by atoms with Gasteiger partial charge in [-0.25, -0.2) is 4.39 Å². The molecule has 0 saturated carbocycles. The van der Waals surface area contributed by atoms with Crippen LogP contribution in [0.1, 0.15) is 17.1 Å². The Labute approximate surface area is 140 Å². The third kappa shape index (κ3) is 4.02. The lowest BCUT2D eigenvalue weighted by molar-refractivity contribution is 0.418. The molecule has 8 nitrogen and oxygen atoms in total. The number of nitrogens with one attached hydrogen (secondary N) is 1. The Bertz CT molecular complexity index is 978. The van der Waals surface area contributed by atoms with E-state index in [2.05, 4.69) is 25.3 Å². The highest BCUT2D eigenvalue weighted by atomic mass is 19.1. The van der Waals surface area contributed by atoms with Crippen molar-refractivity contribution in [3.63, 3.8) is 0 Å². The second-order valence-corrected chi connectivity index (χ2v) is 4.96. The molecule has 0 atom stereocenters. The number of hydrogen-bond donors (Lipinski definition) is 2. The third-order valence-corrected chi connectivity index (χ3v) is 3.22. The van der Waals surface area contributed by atoms with Crippen molar-refractivity contribution in [2.75, 3.05) is 0 Å². The summed E-state index contributed by atoms with van der Waals surface area (Å²) < 4.78 is 18.6. The summed E-state index contributed by atoms with van der Waals surface area (Å²) in [7, 11) is 0. The number of aromatic amines is 1. The first kappa shape index (κ1) is 16.2. The van der Waals surface area contributed by atoms with Crippen LogP contribution >= 0.6 is 0 Å². The molecule has 126 valence electrons. The van der Waals surface area contributed by atoms with Crippen LogP contribution in [0.2, 0.25) is 0 Å². The molecule has 0 spiro atoms. The Kier molecular flexibility index (Phi) is 4.74. The summed E-state index contributed by atoms with van der Waals surface area (Å²) in [4.78, 5) is 18.1. The molecular weight excluding hydrogens is 327 g/mol. The van der Waals surface area contributed by atoms with Crippen LogP contribution < -0.4 is 11.3 Å². The van der Waals surface area contributed by atoms with Gasteiger partial charge in [-0.15, -0.1) is 5.10 Å². The van der Waals surface area contributed by atoms with E-state index < -0.39 is 5.56 Å². The molecule has 0 saturated heterocycles. The van der Waals surface area contributed by atoms with Crippen LogP contribution in [0.4, 0.5) is 4.39 Å². The van der Waals surface area contributed by atoms with Gasteiger partial charge in [0.1, 0.15) is 24.0 Å². The maximum Gasteiger partial charge on any atom is 0.269 e. The van der Waals surface area contributed by atoms with Crippen molar-refractivity contribution in [2.45, 2.75) is 6.54 Å². The summed E-state index contributed by atoms with van der Waals surface area (Å²) in [6.45, 7) is 0.0790. The van der Waals surface area contributed by atoms with Gasteiger partial charge >= 0.3 is 0 Å². The van der Waals surface area contributed by atoms with Gasteiger partial charge in [0.2, 0.25) is 0 Å². The van der Waals surface area contributed by atoms with E-state index in [-0.39, 0.29) is 23.9 Å². The Morgan fingerprint density at radius 3 is 2.92 bits per heavy atom. The number of rotatable bonds is 5. The predicted molar refractivity (Wildman–Crippen MR) is 88.0 cm³/mol. The van der Waals surface area contributed by atoms with Gasteiger partial charge in [0.25, 0.3) is 5.56 Å². The van der Waals surface area contributed by atoms with Crippen molar-refractivity contribution >= 4 is 11.4 Å². The minimum absolute atomic E-state index is 0.0790. The van der Waals surface area contributed by atoms with Crippen molar-refractivity contribution in [3.8, 4) is 0 Å². The van der Waals surface area contributed by atoms with Crippen molar-refractivity contribution in [1.29, 1.82) is 0 Å². The smallest absolute Gasteiger partial charge is 0.269 e. The summed E-state index contributed by atoms with van der Waals surface area (Å²) in [5, 5.41) is 11.1. The van der Waals surface area contributed by atoms with Crippen molar-refractivity contribution in [3.05, 3.63) is 82.1 Å². The van der Waals surface area contributed by atoms with Crippen molar-refractivity contribution in [1.82, 2.24) is 20.3 Å². The van der Waals surface area contributed by atoms with Crippen LogP contribution in [0.25, 0.3) is 5.70 Å². The lowest BCUT2D eigenvalue weighted by atomic mass is 10.2.